The van der Waals surface area contributed by atoms with Crippen molar-refractivity contribution in [1.82, 2.24) is 4.98 Å². The van der Waals surface area contributed by atoms with Gasteiger partial charge < -0.3 is 9.47 Å². The summed E-state index contributed by atoms with van der Waals surface area (Å²) in [6.45, 7) is -0.140. The van der Waals surface area contributed by atoms with Crippen LogP contribution < -0.4 is 14.8 Å². The third-order valence-electron chi connectivity index (χ3n) is 3.30. The van der Waals surface area contributed by atoms with Crippen molar-refractivity contribution in [3.63, 3.8) is 0 Å². The second kappa shape index (κ2) is 7.76. The number of hydrogen-bond acceptors (Lipinski definition) is 5. The van der Waals surface area contributed by atoms with Crippen molar-refractivity contribution >= 4 is 22.4 Å². The molecule has 7 heteroatoms. The topological polar surface area (TPSA) is 60.5 Å². The van der Waals surface area contributed by atoms with Crippen LogP contribution in [0, 0.1) is 5.82 Å². The molecule has 0 fully saturated rings. The number of methoxy groups -OCH3 is 1. The van der Waals surface area contributed by atoms with Gasteiger partial charge in [-0.2, -0.15) is 0 Å². The second-order valence-corrected chi connectivity index (χ2v) is 5.92. The van der Waals surface area contributed by atoms with Gasteiger partial charge in [-0.3, -0.25) is 10.1 Å². The normalized spacial score (nSPS) is 10.3. The monoisotopic (exact) mass is 358 g/mol. The minimum absolute atomic E-state index is 0.140. The van der Waals surface area contributed by atoms with Gasteiger partial charge in [0.25, 0.3) is 5.91 Å². The van der Waals surface area contributed by atoms with Crippen molar-refractivity contribution in [2.24, 2.45) is 0 Å². The minimum Gasteiger partial charge on any atom is -0.497 e. The van der Waals surface area contributed by atoms with Crippen LogP contribution in [0.15, 0.2) is 53.9 Å². The van der Waals surface area contributed by atoms with Gasteiger partial charge in [0.05, 0.1) is 12.8 Å². The molecule has 0 aliphatic carbocycles. The maximum atomic E-state index is 13.0. The lowest BCUT2D eigenvalue weighted by Gasteiger charge is -2.07. The third-order valence-corrected chi connectivity index (χ3v) is 4.06. The average Bonchev–Trinajstić information content (AvgIpc) is 3.09. The molecule has 0 bridgehead atoms. The van der Waals surface area contributed by atoms with Gasteiger partial charge in [-0.25, -0.2) is 9.37 Å². The fourth-order valence-electron chi connectivity index (χ4n) is 2.08. The van der Waals surface area contributed by atoms with E-state index in [-0.39, 0.29) is 18.3 Å². The first-order valence-electron chi connectivity index (χ1n) is 7.42. The Morgan fingerprint density at radius 1 is 1.20 bits per heavy atom. The number of rotatable bonds is 6. The zero-order valence-electron chi connectivity index (χ0n) is 13.4. The first kappa shape index (κ1) is 16.9. The van der Waals surface area contributed by atoms with E-state index < -0.39 is 0 Å². The number of anilines is 1. The van der Waals surface area contributed by atoms with E-state index in [0.29, 0.717) is 22.3 Å². The van der Waals surface area contributed by atoms with Crippen LogP contribution >= 0.6 is 11.3 Å². The molecule has 0 spiro atoms. The summed E-state index contributed by atoms with van der Waals surface area (Å²) in [5, 5.41) is 4.93. The van der Waals surface area contributed by atoms with Crippen LogP contribution in [0.1, 0.15) is 0 Å². The lowest BCUT2D eigenvalue weighted by Crippen LogP contribution is -2.20. The summed E-state index contributed by atoms with van der Waals surface area (Å²) in [4.78, 5) is 16.3. The molecule has 25 heavy (non-hydrogen) atoms. The molecule has 0 saturated carbocycles. The molecule has 2 aromatic carbocycles. The Labute approximate surface area is 148 Å². The van der Waals surface area contributed by atoms with Gasteiger partial charge in [0.15, 0.2) is 11.7 Å². The maximum Gasteiger partial charge on any atom is 0.264 e. The molecule has 3 aromatic rings. The van der Waals surface area contributed by atoms with Crippen molar-refractivity contribution in [2.75, 3.05) is 19.0 Å². The Bertz CT molecular complexity index is 865. The Balaban J connectivity index is 1.57. The largest absolute Gasteiger partial charge is 0.497 e. The Morgan fingerprint density at radius 2 is 1.96 bits per heavy atom. The molecule has 0 unspecified atom stereocenters. The predicted molar refractivity (Wildman–Crippen MR) is 94.6 cm³/mol. The summed E-state index contributed by atoms with van der Waals surface area (Å²) >= 11 is 1.29. The summed E-state index contributed by atoms with van der Waals surface area (Å²) in [7, 11) is 1.56. The highest BCUT2D eigenvalue weighted by Crippen LogP contribution is 2.25. The highest BCUT2D eigenvalue weighted by Gasteiger charge is 2.09. The van der Waals surface area contributed by atoms with Crippen LogP contribution in [-0.2, 0) is 4.79 Å². The lowest BCUT2D eigenvalue weighted by atomic mass is 10.2. The van der Waals surface area contributed by atoms with Crippen molar-refractivity contribution in [1.29, 1.82) is 0 Å². The number of halogens is 1. The smallest absolute Gasteiger partial charge is 0.264 e. The Hall–Kier alpha value is -2.93. The molecule has 1 heterocycles. The number of carbonyl (C=O) groups excluding carboxylic acids is 1. The zero-order chi connectivity index (χ0) is 17.6. The van der Waals surface area contributed by atoms with Gasteiger partial charge >= 0.3 is 0 Å². The highest BCUT2D eigenvalue weighted by molar-refractivity contribution is 7.14. The fraction of sp³-hybridized carbons (Fsp3) is 0.111. The Morgan fingerprint density at radius 3 is 2.72 bits per heavy atom. The number of amides is 1. The van der Waals surface area contributed by atoms with Crippen LogP contribution in [0.2, 0.25) is 0 Å². The van der Waals surface area contributed by atoms with Crippen molar-refractivity contribution in [2.45, 2.75) is 0 Å². The Kier molecular flexibility index (Phi) is 5.25. The van der Waals surface area contributed by atoms with Gasteiger partial charge in [0.2, 0.25) is 0 Å². The molecular formula is C18H15FN2O3S. The number of hydrogen-bond donors (Lipinski definition) is 1. The first-order chi connectivity index (χ1) is 12.1. The summed E-state index contributed by atoms with van der Waals surface area (Å²) in [5.41, 5.74) is 1.46. The molecule has 0 saturated heterocycles. The quantitative estimate of drug-likeness (QED) is 0.724. The number of ether oxygens (including phenoxy) is 2. The van der Waals surface area contributed by atoms with E-state index in [2.05, 4.69) is 10.3 Å². The first-order valence-corrected chi connectivity index (χ1v) is 8.30. The fourth-order valence-corrected chi connectivity index (χ4v) is 2.82. The van der Waals surface area contributed by atoms with Crippen molar-refractivity contribution < 1.29 is 18.7 Å². The van der Waals surface area contributed by atoms with Gasteiger partial charge in [0.1, 0.15) is 17.3 Å². The van der Waals surface area contributed by atoms with E-state index in [4.69, 9.17) is 9.47 Å². The molecule has 1 aromatic heterocycles. The number of carbonyl (C=O) groups is 1. The van der Waals surface area contributed by atoms with Gasteiger partial charge in [0, 0.05) is 17.0 Å². The molecule has 5 nitrogen and oxygen atoms in total. The number of nitrogens with one attached hydrogen (secondary N) is 1. The third kappa shape index (κ3) is 4.54. The zero-order valence-corrected chi connectivity index (χ0v) is 14.2. The molecule has 3 rings (SSSR count). The van der Waals surface area contributed by atoms with Gasteiger partial charge in [-0.05, 0) is 36.4 Å². The minimum atomic E-state index is -0.317. The second-order valence-electron chi connectivity index (χ2n) is 5.06. The van der Waals surface area contributed by atoms with E-state index in [1.807, 2.05) is 0 Å². The van der Waals surface area contributed by atoms with Crippen molar-refractivity contribution in [3.8, 4) is 22.8 Å². The van der Waals surface area contributed by atoms with E-state index in [9.17, 15) is 9.18 Å². The highest BCUT2D eigenvalue weighted by atomic mass is 32.1. The lowest BCUT2D eigenvalue weighted by molar-refractivity contribution is -0.118. The summed E-state index contributed by atoms with van der Waals surface area (Å²) in [5.74, 6) is 0.576. The summed E-state index contributed by atoms with van der Waals surface area (Å²) < 4.78 is 23.5. The predicted octanol–water partition coefficient (Wildman–Crippen LogP) is 3.98. The standard InChI is InChI=1S/C18H15FN2O3S/c1-23-14-3-2-4-15(9-14)24-10-17(22)21-18-20-16(11-25-18)12-5-7-13(19)8-6-12/h2-9,11H,10H2,1H3,(H,20,21,22). The maximum absolute atomic E-state index is 13.0. The van der Waals surface area contributed by atoms with E-state index in [1.54, 1.807) is 48.9 Å². The number of thiazole rings is 1. The van der Waals surface area contributed by atoms with Crippen LogP contribution in [0.25, 0.3) is 11.3 Å². The van der Waals surface area contributed by atoms with Gasteiger partial charge in [-0.1, -0.05) is 6.07 Å². The molecule has 1 N–H and O–H groups in total. The SMILES string of the molecule is COc1cccc(OCC(=O)Nc2nc(-c3ccc(F)cc3)cs2)c1. The molecule has 128 valence electrons. The van der Waals surface area contributed by atoms with Crippen LogP contribution in [0.4, 0.5) is 9.52 Å². The number of benzene rings is 2. The van der Waals surface area contributed by atoms with Gasteiger partial charge in [-0.15, -0.1) is 11.3 Å². The number of aromatic nitrogens is 1. The van der Waals surface area contributed by atoms with Crippen LogP contribution in [-0.4, -0.2) is 24.6 Å². The summed E-state index contributed by atoms with van der Waals surface area (Å²) in [6.07, 6.45) is 0. The molecule has 0 radical (unpaired) electrons. The molecule has 0 atom stereocenters. The van der Waals surface area contributed by atoms with Crippen LogP contribution in [0.5, 0.6) is 11.5 Å². The average molecular weight is 358 g/mol. The van der Waals surface area contributed by atoms with E-state index in [1.165, 1.54) is 23.5 Å². The van der Waals surface area contributed by atoms with Crippen molar-refractivity contribution in [3.05, 3.63) is 59.7 Å². The number of nitrogens with zero attached hydrogens (tertiary/aromatic N) is 1. The molecule has 0 aliphatic rings. The molecule has 0 aliphatic heterocycles. The van der Waals surface area contributed by atoms with E-state index >= 15 is 0 Å². The molecular weight excluding hydrogens is 343 g/mol. The summed E-state index contributed by atoms with van der Waals surface area (Å²) in [6, 6.07) is 13.0. The van der Waals surface area contributed by atoms with Crippen LogP contribution in [0.3, 0.4) is 0 Å². The van der Waals surface area contributed by atoms with E-state index in [0.717, 1.165) is 5.56 Å². The molecule has 1 amide bonds.